The summed E-state index contributed by atoms with van der Waals surface area (Å²) in [5.41, 5.74) is 1.75. The Morgan fingerprint density at radius 1 is 0.806 bits per heavy atom. The van der Waals surface area contributed by atoms with Gasteiger partial charge < -0.3 is 10.6 Å². The third-order valence-corrected chi connectivity index (χ3v) is 5.13. The highest BCUT2D eigenvalue weighted by Crippen LogP contribution is 2.32. The van der Waals surface area contributed by atoms with E-state index < -0.39 is 17.4 Å². The van der Waals surface area contributed by atoms with Crippen LogP contribution in [0.25, 0.3) is 0 Å². The largest absolute Gasteiger partial charge is 0.322 e. The van der Waals surface area contributed by atoms with Gasteiger partial charge in [0.05, 0.1) is 11.4 Å². The Kier molecular flexibility index (Phi) is 6.03. The molecule has 4 aromatic rings. The predicted molar refractivity (Wildman–Crippen MR) is 120 cm³/mol. The van der Waals surface area contributed by atoms with Gasteiger partial charge in [0.2, 0.25) is 0 Å². The van der Waals surface area contributed by atoms with E-state index >= 15 is 0 Å². The van der Waals surface area contributed by atoms with Gasteiger partial charge in [-0.3, -0.25) is 4.98 Å². The fourth-order valence-corrected chi connectivity index (χ4v) is 3.67. The first kappa shape index (κ1) is 20.3. The summed E-state index contributed by atoms with van der Waals surface area (Å²) >= 11 is 0. The minimum atomic E-state index is -0.959. The van der Waals surface area contributed by atoms with Gasteiger partial charge in [-0.1, -0.05) is 78.9 Å². The molecule has 2 N–H and O–H groups in total. The second-order valence-corrected chi connectivity index (χ2v) is 7.21. The maximum atomic E-state index is 14.1. The van der Waals surface area contributed by atoms with Crippen LogP contribution >= 0.6 is 0 Å². The molecular formula is C26H22FN3O. The Bertz CT molecular complexity index is 1100. The molecule has 2 amide bonds. The molecule has 0 bridgehead atoms. The highest BCUT2D eigenvalue weighted by atomic mass is 19.1. The van der Waals surface area contributed by atoms with Crippen molar-refractivity contribution in [3.05, 3.63) is 132 Å². The van der Waals surface area contributed by atoms with Crippen LogP contribution in [-0.4, -0.2) is 11.0 Å². The van der Waals surface area contributed by atoms with Gasteiger partial charge in [-0.2, -0.15) is 0 Å². The van der Waals surface area contributed by atoms with E-state index in [0.717, 1.165) is 11.1 Å². The number of halogens is 1. The molecule has 0 aliphatic heterocycles. The molecule has 4 rings (SSSR count). The lowest BCUT2D eigenvalue weighted by atomic mass is 9.80. The maximum Gasteiger partial charge on any atom is 0.320 e. The van der Waals surface area contributed by atoms with Crippen LogP contribution in [0, 0.1) is 5.82 Å². The van der Waals surface area contributed by atoms with Gasteiger partial charge in [-0.05, 0) is 35.4 Å². The van der Waals surface area contributed by atoms with Crippen LogP contribution in [0.4, 0.5) is 14.9 Å². The van der Waals surface area contributed by atoms with Gasteiger partial charge in [-0.25, -0.2) is 9.18 Å². The second kappa shape index (κ2) is 9.22. The zero-order chi connectivity index (χ0) is 21.5. The van der Waals surface area contributed by atoms with Crippen LogP contribution in [0.3, 0.4) is 0 Å². The van der Waals surface area contributed by atoms with Gasteiger partial charge in [0.15, 0.2) is 0 Å². The minimum absolute atomic E-state index is 0.114. The second-order valence-electron chi connectivity index (χ2n) is 7.21. The van der Waals surface area contributed by atoms with E-state index in [2.05, 4.69) is 15.6 Å². The van der Waals surface area contributed by atoms with Crippen LogP contribution < -0.4 is 10.6 Å². The van der Waals surface area contributed by atoms with Crippen molar-refractivity contribution in [3.8, 4) is 0 Å². The number of rotatable bonds is 6. The first-order chi connectivity index (χ1) is 15.2. The SMILES string of the molecule is O=C(Nc1ccccc1F)NC(Cc1ccccc1)(c1ccccc1)c1ccccn1. The number of hydrogen-bond donors (Lipinski definition) is 2. The van der Waals surface area contributed by atoms with Crippen molar-refractivity contribution in [2.24, 2.45) is 0 Å². The molecule has 1 unspecified atom stereocenters. The van der Waals surface area contributed by atoms with E-state index in [4.69, 9.17) is 0 Å². The zero-order valence-corrected chi connectivity index (χ0v) is 16.8. The normalized spacial score (nSPS) is 12.5. The van der Waals surface area contributed by atoms with Crippen molar-refractivity contribution in [1.29, 1.82) is 0 Å². The Morgan fingerprint density at radius 3 is 2.13 bits per heavy atom. The maximum absolute atomic E-state index is 14.1. The summed E-state index contributed by atoms with van der Waals surface area (Å²) in [6.45, 7) is 0. The van der Waals surface area contributed by atoms with Crippen LogP contribution in [0.2, 0.25) is 0 Å². The zero-order valence-electron chi connectivity index (χ0n) is 16.8. The van der Waals surface area contributed by atoms with Gasteiger partial charge in [0.1, 0.15) is 11.4 Å². The van der Waals surface area contributed by atoms with Gasteiger partial charge in [0, 0.05) is 12.6 Å². The lowest BCUT2D eigenvalue weighted by Gasteiger charge is -2.35. The summed E-state index contributed by atoms with van der Waals surface area (Å²) in [4.78, 5) is 17.7. The minimum Gasteiger partial charge on any atom is -0.322 e. The topological polar surface area (TPSA) is 54.0 Å². The number of nitrogens with zero attached hydrogens (tertiary/aromatic N) is 1. The van der Waals surface area contributed by atoms with Crippen molar-refractivity contribution in [3.63, 3.8) is 0 Å². The summed E-state index contributed by atoms with van der Waals surface area (Å²) < 4.78 is 14.1. The fourth-order valence-electron chi connectivity index (χ4n) is 3.67. The molecule has 31 heavy (non-hydrogen) atoms. The Balaban J connectivity index is 1.79. The number of urea groups is 1. The average molecular weight is 411 g/mol. The molecule has 0 saturated carbocycles. The molecule has 0 saturated heterocycles. The summed E-state index contributed by atoms with van der Waals surface area (Å²) in [6.07, 6.45) is 2.17. The summed E-state index contributed by atoms with van der Waals surface area (Å²) in [6, 6.07) is 30.8. The van der Waals surface area contributed by atoms with Crippen molar-refractivity contribution in [2.45, 2.75) is 12.0 Å². The van der Waals surface area contributed by atoms with Crippen LogP contribution in [0.1, 0.15) is 16.8 Å². The monoisotopic (exact) mass is 411 g/mol. The average Bonchev–Trinajstić information content (AvgIpc) is 2.82. The van der Waals surface area contributed by atoms with Gasteiger partial charge in [0.25, 0.3) is 0 Å². The number of pyridine rings is 1. The third-order valence-electron chi connectivity index (χ3n) is 5.13. The van der Waals surface area contributed by atoms with E-state index in [1.165, 1.54) is 12.1 Å². The van der Waals surface area contributed by atoms with E-state index in [0.29, 0.717) is 12.1 Å². The molecule has 0 aliphatic carbocycles. The molecule has 4 nitrogen and oxygen atoms in total. The molecule has 0 spiro atoms. The molecule has 1 aromatic heterocycles. The molecule has 0 fully saturated rings. The summed E-state index contributed by atoms with van der Waals surface area (Å²) in [7, 11) is 0. The van der Waals surface area contributed by atoms with E-state index in [1.807, 2.05) is 78.9 Å². The number of para-hydroxylation sites is 1. The molecule has 3 aromatic carbocycles. The quantitative estimate of drug-likeness (QED) is 0.438. The number of amides is 2. The smallest absolute Gasteiger partial charge is 0.320 e. The highest BCUT2D eigenvalue weighted by Gasteiger charge is 2.37. The van der Waals surface area contributed by atoms with E-state index in [1.54, 1.807) is 18.3 Å². The Hall–Kier alpha value is -3.99. The lowest BCUT2D eigenvalue weighted by Crippen LogP contribution is -2.50. The van der Waals surface area contributed by atoms with Gasteiger partial charge >= 0.3 is 6.03 Å². The Morgan fingerprint density at radius 2 is 1.45 bits per heavy atom. The molecule has 0 radical (unpaired) electrons. The van der Waals surface area contributed by atoms with E-state index in [9.17, 15) is 9.18 Å². The van der Waals surface area contributed by atoms with Crippen molar-refractivity contribution in [1.82, 2.24) is 10.3 Å². The van der Waals surface area contributed by atoms with Crippen LogP contribution in [0.15, 0.2) is 109 Å². The molecule has 1 atom stereocenters. The lowest BCUT2D eigenvalue weighted by molar-refractivity contribution is 0.241. The molecule has 0 aliphatic rings. The summed E-state index contributed by atoms with van der Waals surface area (Å²) in [5, 5.41) is 5.75. The molecule has 1 heterocycles. The predicted octanol–water partition coefficient (Wildman–Crippen LogP) is 5.53. The number of hydrogen-bond acceptors (Lipinski definition) is 2. The van der Waals surface area contributed by atoms with Crippen molar-refractivity contribution >= 4 is 11.7 Å². The standard InChI is InChI=1S/C26H22FN3O/c27-22-15-7-8-16-23(22)29-25(31)30-26(21-13-5-2-6-14-21,24-17-9-10-18-28-24)19-20-11-3-1-4-12-20/h1-18H,19H2,(H2,29,30,31). The molecule has 5 heteroatoms. The first-order valence-electron chi connectivity index (χ1n) is 10.0. The van der Waals surface area contributed by atoms with E-state index in [-0.39, 0.29) is 5.69 Å². The number of benzene rings is 3. The van der Waals surface area contributed by atoms with Crippen molar-refractivity contribution in [2.75, 3.05) is 5.32 Å². The number of anilines is 1. The first-order valence-corrected chi connectivity index (χ1v) is 10.0. The van der Waals surface area contributed by atoms with Crippen LogP contribution in [-0.2, 0) is 12.0 Å². The van der Waals surface area contributed by atoms with Gasteiger partial charge in [-0.15, -0.1) is 0 Å². The summed E-state index contributed by atoms with van der Waals surface area (Å²) in [5.74, 6) is -0.496. The number of aromatic nitrogens is 1. The Labute approximate surface area is 180 Å². The fraction of sp³-hybridized carbons (Fsp3) is 0.0769. The molecule has 154 valence electrons. The number of carbonyl (C=O) groups excluding carboxylic acids is 1. The molecular weight excluding hydrogens is 389 g/mol. The van der Waals surface area contributed by atoms with Crippen molar-refractivity contribution < 1.29 is 9.18 Å². The van der Waals surface area contributed by atoms with Crippen LogP contribution in [0.5, 0.6) is 0 Å². The highest BCUT2D eigenvalue weighted by molar-refractivity contribution is 5.90. The number of nitrogens with one attached hydrogen (secondary N) is 2. The number of carbonyl (C=O) groups is 1. The third kappa shape index (κ3) is 4.61.